The number of benzene rings is 2. The number of aryl methyl sites for hydroxylation is 3. The molecule has 5 unspecified atom stereocenters. The summed E-state index contributed by atoms with van der Waals surface area (Å²) in [6.07, 6.45) is 6.83. The zero-order chi connectivity index (χ0) is 27.9. The van der Waals surface area contributed by atoms with Crippen LogP contribution in [0.15, 0.2) is 53.6 Å². The number of hydrogen-bond donors (Lipinski definition) is 0. The molecule has 0 saturated carbocycles. The highest BCUT2D eigenvalue weighted by atomic mass is 32.2. The molecule has 1 aliphatic rings. The van der Waals surface area contributed by atoms with E-state index in [0.717, 1.165) is 50.1 Å². The maximum atomic E-state index is 12.6. The Morgan fingerprint density at radius 1 is 1.21 bits per heavy atom. The highest BCUT2D eigenvalue weighted by molar-refractivity contribution is 8.00. The Morgan fingerprint density at radius 2 is 2.00 bits per heavy atom. The number of nitrogens with zero attached hydrogens (tertiary/aromatic N) is 3. The topological polar surface area (TPSA) is 66.2 Å². The number of thioether (sulfide) groups is 1. The molecule has 0 N–H and O–H groups in total. The fourth-order valence-corrected chi connectivity index (χ4v) is 6.88. The van der Waals surface area contributed by atoms with Crippen molar-refractivity contribution in [3.8, 4) is 5.75 Å². The van der Waals surface area contributed by atoms with Gasteiger partial charge in [0.05, 0.1) is 24.8 Å². The zero-order valence-electron chi connectivity index (χ0n) is 24.2. The summed E-state index contributed by atoms with van der Waals surface area (Å²) in [6, 6.07) is 15.2. The summed E-state index contributed by atoms with van der Waals surface area (Å²) in [4.78, 5) is 13.9. The Hall–Kier alpha value is -2.80. The number of para-hydroxylation sites is 1. The molecule has 210 valence electrons. The molecule has 5 atom stereocenters. The second-order valence-electron chi connectivity index (χ2n) is 10.9. The van der Waals surface area contributed by atoms with Gasteiger partial charge < -0.3 is 9.47 Å². The van der Waals surface area contributed by atoms with Gasteiger partial charge in [-0.25, -0.2) is 0 Å². The first kappa shape index (κ1) is 29.2. The van der Waals surface area contributed by atoms with Gasteiger partial charge >= 0.3 is 5.97 Å². The average molecular weight is 550 g/mol. The second-order valence-corrected chi connectivity index (χ2v) is 12.2. The van der Waals surface area contributed by atoms with E-state index in [1.807, 2.05) is 29.6 Å². The molecule has 4 rings (SSSR count). The summed E-state index contributed by atoms with van der Waals surface area (Å²) < 4.78 is 13.4. The first-order chi connectivity index (χ1) is 18.8. The molecule has 6 nitrogen and oxygen atoms in total. The molecular weight excluding hydrogens is 506 g/mol. The molecule has 0 bridgehead atoms. The molecule has 1 aliphatic heterocycles. The van der Waals surface area contributed by atoms with E-state index in [1.165, 1.54) is 28.7 Å². The molecule has 0 amide bonds. The Labute approximate surface area is 237 Å². The van der Waals surface area contributed by atoms with Crippen LogP contribution in [-0.4, -0.2) is 39.4 Å². The third-order valence-electron chi connectivity index (χ3n) is 8.15. The van der Waals surface area contributed by atoms with Crippen molar-refractivity contribution >= 4 is 17.7 Å². The largest absolute Gasteiger partial charge is 0.489 e. The van der Waals surface area contributed by atoms with E-state index in [1.54, 1.807) is 0 Å². The van der Waals surface area contributed by atoms with Gasteiger partial charge in [-0.15, -0.1) is 16.9 Å². The molecule has 7 heteroatoms. The number of ether oxygens (including phenoxy) is 2. The highest BCUT2D eigenvalue weighted by Gasteiger charge is 2.30. The molecule has 0 radical (unpaired) electrons. The van der Waals surface area contributed by atoms with Gasteiger partial charge in [-0.3, -0.25) is 9.48 Å². The lowest BCUT2D eigenvalue weighted by Gasteiger charge is -2.26. The quantitative estimate of drug-likeness (QED) is 0.239. The van der Waals surface area contributed by atoms with Crippen LogP contribution in [0.4, 0.5) is 0 Å². The number of carbonyl (C=O) groups excluding carboxylic acids is 1. The number of fused-ring (bicyclic) bond motifs is 1. The van der Waals surface area contributed by atoms with Crippen molar-refractivity contribution in [2.45, 2.75) is 95.4 Å². The number of rotatable bonds is 11. The standard InChI is InChI=1S/C32H43N3O3S/c1-7-27-19-31(39-30-12-10-9-11-29(30)38-27)22(4)17-25-18-24(14-13-21(25)3)28(23(5)32(36)37-6)16-15-26-20-35(8-2)34-33-26/h9-14,18,20,22-23,27-28,31H,7-8,15-17,19H2,1-6H3. The van der Waals surface area contributed by atoms with Gasteiger partial charge in [0.25, 0.3) is 0 Å². The lowest BCUT2D eigenvalue weighted by molar-refractivity contribution is -0.145. The van der Waals surface area contributed by atoms with Gasteiger partial charge in [-0.05, 0) is 86.6 Å². The predicted octanol–water partition coefficient (Wildman–Crippen LogP) is 7.03. The van der Waals surface area contributed by atoms with Crippen LogP contribution in [0.1, 0.15) is 75.3 Å². The normalized spacial score (nSPS) is 19.3. The van der Waals surface area contributed by atoms with Crippen LogP contribution < -0.4 is 4.74 Å². The minimum Gasteiger partial charge on any atom is -0.489 e. The van der Waals surface area contributed by atoms with E-state index in [0.29, 0.717) is 11.2 Å². The van der Waals surface area contributed by atoms with Gasteiger partial charge in [0.2, 0.25) is 0 Å². The molecule has 2 heterocycles. The molecule has 0 spiro atoms. The van der Waals surface area contributed by atoms with E-state index in [2.05, 4.69) is 80.5 Å². The molecule has 0 aliphatic carbocycles. The lowest BCUT2D eigenvalue weighted by atomic mass is 9.81. The van der Waals surface area contributed by atoms with Crippen LogP contribution in [-0.2, 0) is 28.9 Å². The number of hydrogen-bond acceptors (Lipinski definition) is 6. The van der Waals surface area contributed by atoms with Gasteiger partial charge in [-0.1, -0.05) is 56.3 Å². The Kier molecular flexibility index (Phi) is 10.1. The molecule has 0 saturated heterocycles. The van der Waals surface area contributed by atoms with Crippen molar-refractivity contribution in [3.63, 3.8) is 0 Å². The molecule has 1 aromatic heterocycles. The monoisotopic (exact) mass is 549 g/mol. The summed E-state index contributed by atoms with van der Waals surface area (Å²) in [6.45, 7) is 11.6. The summed E-state index contributed by atoms with van der Waals surface area (Å²) in [5.41, 5.74) is 4.80. The fourth-order valence-electron chi connectivity index (χ4n) is 5.53. The van der Waals surface area contributed by atoms with Crippen molar-refractivity contribution < 1.29 is 14.3 Å². The molecular formula is C32H43N3O3S. The minimum absolute atomic E-state index is 0.0379. The van der Waals surface area contributed by atoms with Gasteiger partial charge in [-0.2, -0.15) is 0 Å². The van der Waals surface area contributed by atoms with Crippen molar-refractivity contribution in [2.75, 3.05) is 7.11 Å². The smallest absolute Gasteiger partial charge is 0.308 e. The van der Waals surface area contributed by atoms with Crippen LogP contribution in [0.25, 0.3) is 0 Å². The third kappa shape index (κ3) is 7.24. The summed E-state index contributed by atoms with van der Waals surface area (Å²) >= 11 is 1.96. The van der Waals surface area contributed by atoms with Gasteiger partial charge in [0.15, 0.2) is 0 Å². The fraction of sp³-hybridized carbons (Fsp3) is 0.531. The minimum atomic E-state index is -0.249. The second kappa shape index (κ2) is 13.5. The van der Waals surface area contributed by atoms with E-state index in [9.17, 15) is 4.79 Å². The third-order valence-corrected chi connectivity index (χ3v) is 9.70. The zero-order valence-corrected chi connectivity index (χ0v) is 25.0. The van der Waals surface area contributed by atoms with Gasteiger partial charge in [0, 0.05) is 22.9 Å². The lowest BCUT2D eigenvalue weighted by Crippen LogP contribution is -2.25. The number of esters is 1. The number of methoxy groups -OCH3 is 1. The van der Waals surface area contributed by atoms with E-state index < -0.39 is 0 Å². The van der Waals surface area contributed by atoms with Crippen LogP contribution in [0, 0.1) is 18.8 Å². The van der Waals surface area contributed by atoms with Crippen LogP contribution in [0.5, 0.6) is 5.75 Å². The predicted molar refractivity (Wildman–Crippen MR) is 157 cm³/mol. The molecule has 3 aromatic rings. The maximum absolute atomic E-state index is 12.6. The first-order valence-corrected chi connectivity index (χ1v) is 15.2. The summed E-state index contributed by atoms with van der Waals surface area (Å²) in [5, 5.41) is 8.97. The molecule has 2 aromatic carbocycles. The van der Waals surface area contributed by atoms with Crippen molar-refractivity contribution in [1.82, 2.24) is 15.0 Å². The van der Waals surface area contributed by atoms with E-state index >= 15 is 0 Å². The molecule has 39 heavy (non-hydrogen) atoms. The Balaban J connectivity index is 1.55. The number of carbonyl (C=O) groups is 1. The van der Waals surface area contributed by atoms with Crippen molar-refractivity contribution in [1.29, 1.82) is 0 Å². The van der Waals surface area contributed by atoms with Crippen LogP contribution in [0.2, 0.25) is 0 Å². The maximum Gasteiger partial charge on any atom is 0.308 e. The molecule has 0 fully saturated rings. The van der Waals surface area contributed by atoms with Crippen molar-refractivity contribution in [3.05, 3.63) is 71.0 Å². The Morgan fingerprint density at radius 3 is 2.72 bits per heavy atom. The van der Waals surface area contributed by atoms with E-state index in [4.69, 9.17) is 9.47 Å². The Bertz CT molecular complexity index is 1240. The van der Waals surface area contributed by atoms with Crippen LogP contribution in [0.3, 0.4) is 0 Å². The number of aromatic nitrogens is 3. The highest BCUT2D eigenvalue weighted by Crippen LogP contribution is 2.42. The summed E-state index contributed by atoms with van der Waals surface area (Å²) in [7, 11) is 1.47. The van der Waals surface area contributed by atoms with Crippen LogP contribution >= 0.6 is 11.8 Å². The summed E-state index contributed by atoms with van der Waals surface area (Å²) in [5.74, 6) is 1.09. The van der Waals surface area contributed by atoms with Crippen molar-refractivity contribution in [2.24, 2.45) is 11.8 Å². The average Bonchev–Trinajstić information content (AvgIpc) is 3.32. The van der Waals surface area contributed by atoms with Gasteiger partial charge in [0.1, 0.15) is 5.75 Å². The first-order valence-electron chi connectivity index (χ1n) is 14.3. The SMILES string of the molecule is CCC1CC(C(C)Cc2cc(C(CCc3cn(CC)nn3)C(C)C(=O)OC)ccc2C)Sc2ccccc2O1. The van der Waals surface area contributed by atoms with E-state index in [-0.39, 0.29) is 23.9 Å².